The molecule has 0 aliphatic heterocycles. The Morgan fingerprint density at radius 1 is 1.46 bits per heavy atom. The van der Waals surface area contributed by atoms with E-state index in [0.29, 0.717) is 0 Å². The Bertz CT molecular complexity index is 368. The maximum absolute atomic E-state index is 9.19. The van der Waals surface area contributed by atoms with E-state index in [0.717, 1.165) is 11.3 Å². The number of fused-ring (bicyclic) bond motifs is 1. The molecule has 0 spiro atoms. The maximum Gasteiger partial charge on any atom is 0.0537 e. The number of anilines is 1. The molecule has 2 rings (SSSR count). The van der Waals surface area contributed by atoms with E-state index in [2.05, 4.69) is 6.08 Å². The first-order chi connectivity index (χ1) is 6.22. The Hall–Kier alpha value is -1.28. The van der Waals surface area contributed by atoms with Crippen LogP contribution in [0.15, 0.2) is 23.8 Å². The topological polar surface area (TPSA) is 46.2 Å². The van der Waals surface area contributed by atoms with Crippen LogP contribution in [0.3, 0.4) is 0 Å². The third-order valence-electron chi connectivity index (χ3n) is 2.60. The van der Waals surface area contributed by atoms with E-state index in [1.807, 2.05) is 25.1 Å². The fourth-order valence-corrected chi connectivity index (χ4v) is 1.86. The maximum atomic E-state index is 9.19. The molecular weight excluding hydrogens is 162 g/mol. The summed E-state index contributed by atoms with van der Waals surface area (Å²) in [5.41, 5.74) is 10.0. The summed E-state index contributed by atoms with van der Waals surface area (Å²) in [5.74, 6) is 0.151. The fraction of sp³-hybridized carbons (Fsp3) is 0.273. The lowest BCUT2D eigenvalue weighted by molar-refractivity contribution is 0.280. The molecule has 68 valence electrons. The fourth-order valence-electron chi connectivity index (χ4n) is 1.86. The van der Waals surface area contributed by atoms with Crippen molar-refractivity contribution in [2.45, 2.75) is 12.8 Å². The van der Waals surface area contributed by atoms with Gasteiger partial charge in [0, 0.05) is 11.6 Å². The normalized spacial score (nSPS) is 19.8. The molecule has 1 aliphatic carbocycles. The predicted octanol–water partition coefficient (Wildman–Crippen LogP) is 1.76. The highest BCUT2D eigenvalue weighted by atomic mass is 16.3. The monoisotopic (exact) mass is 175 g/mol. The number of rotatable bonds is 1. The Labute approximate surface area is 77.7 Å². The van der Waals surface area contributed by atoms with Crippen molar-refractivity contribution in [3.05, 3.63) is 34.9 Å². The molecule has 2 heteroatoms. The van der Waals surface area contributed by atoms with Crippen molar-refractivity contribution in [2.75, 3.05) is 12.3 Å². The van der Waals surface area contributed by atoms with Crippen LogP contribution in [0.25, 0.3) is 6.08 Å². The van der Waals surface area contributed by atoms with Crippen molar-refractivity contribution in [2.24, 2.45) is 0 Å². The van der Waals surface area contributed by atoms with Crippen LogP contribution in [-0.4, -0.2) is 11.7 Å². The summed E-state index contributed by atoms with van der Waals surface area (Å²) in [5, 5.41) is 9.19. The van der Waals surface area contributed by atoms with Crippen molar-refractivity contribution in [3.8, 4) is 0 Å². The molecule has 1 aliphatic rings. The first-order valence-corrected chi connectivity index (χ1v) is 4.41. The molecule has 0 saturated carbocycles. The summed E-state index contributed by atoms with van der Waals surface area (Å²) >= 11 is 0. The first-order valence-electron chi connectivity index (χ1n) is 4.41. The lowest BCUT2D eigenvalue weighted by atomic mass is 9.97. The minimum atomic E-state index is 0.151. The minimum absolute atomic E-state index is 0.151. The Balaban J connectivity index is 2.51. The van der Waals surface area contributed by atoms with Gasteiger partial charge in [0.1, 0.15) is 0 Å². The van der Waals surface area contributed by atoms with E-state index in [9.17, 15) is 5.11 Å². The molecule has 0 amide bonds. The zero-order chi connectivity index (χ0) is 9.42. The summed E-state index contributed by atoms with van der Waals surface area (Å²) in [6.07, 6.45) is 2.11. The van der Waals surface area contributed by atoms with Crippen LogP contribution < -0.4 is 5.73 Å². The van der Waals surface area contributed by atoms with Crippen LogP contribution in [0.5, 0.6) is 0 Å². The Morgan fingerprint density at radius 2 is 2.23 bits per heavy atom. The molecule has 1 unspecified atom stereocenters. The molecule has 1 aromatic carbocycles. The van der Waals surface area contributed by atoms with Gasteiger partial charge in [0.2, 0.25) is 0 Å². The van der Waals surface area contributed by atoms with Gasteiger partial charge in [-0.2, -0.15) is 0 Å². The lowest BCUT2D eigenvalue weighted by Crippen LogP contribution is -2.02. The van der Waals surface area contributed by atoms with E-state index in [4.69, 9.17) is 5.73 Å². The van der Waals surface area contributed by atoms with Crippen molar-refractivity contribution in [1.29, 1.82) is 0 Å². The van der Waals surface area contributed by atoms with Crippen LogP contribution in [-0.2, 0) is 0 Å². The quantitative estimate of drug-likeness (QED) is 0.639. The first kappa shape index (κ1) is 8.32. The third kappa shape index (κ3) is 1.23. The van der Waals surface area contributed by atoms with Gasteiger partial charge >= 0.3 is 0 Å². The van der Waals surface area contributed by atoms with E-state index in [-0.39, 0.29) is 12.5 Å². The smallest absolute Gasteiger partial charge is 0.0537 e. The number of hydrogen-bond donors (Lipinski definition) is 2. The molecule has 0 radical (unpaired) electrons. The number of hydrogen-bond acceptors (Lipinski definition) is 2. The number of nitrogens with two attached hydrogens (primary N) is 1. The Morgan fingerprint density at radius 3 is 2.92 bits per heavy atom. The summed E-state index contributed by atoms with van der Waals surface area (Å²) in [7, 11) is 0. The molecule has 0 fully saturated rings. The molecule has 0 heterocycles. The molecule has 2 nitrogen and oxygen atoms in total. The van der Waals surface area contributed by atoms with Gasteiger partial charge in [0.25, 0.3) is 0 Å². The standard InChI is InChI=1S/C11H13NO/c1-7-4-8-2-3-9(12)5-10(8)11(7)6-13/h2-5,11,13H,6,12H2,1H3. The van der Waals surface area contributed by atoms with Crippen molar-refractivity contribution < 1.29 is 5.11 Å². The van der Waals surface area contributed by atoms with Gasteiger partial charge < -0.3 is 10.8 Å². The van der Waals surface area contributed by atoms with E-state index < -0.39 is 0 Å². The summed E-state index contributed by atoms with van der Waals surface area (Å²) in [6.45, 7) is 2.20. The average molecular weight is 175 g/mol. The summed E-state index contributed by atoms with van der Waals surface area (Å²) < 4.78 is 0. The predicted molar refractivity (Wildman–Crippen MR) is 54.3 cm³/mol. The number of aliphatic hydroxyl groups excluding tert-OH is 1. The van der Waals surface area contributed by atoms with Crippen LogP contribution in [0.1, 0.15) is 24.0 Å². The highest BCUT2D eigenvalue weighted by molar-refractivity contribution is 5.68. The zero-order valence-corrected chi connectivity index (χ0v) is 7.62. The summed E-state index contributed by atoms with van der Waals surface area (Å²) in [6, 6.07) is 5.84. The van der Waals surface area contributed by atoms with E-state index in [1.54, 1.807) is 0 Å². The van der Waals surface area contributed by atoms with Gasteiger partial charge in [0.15, 0.2) is 0 Å². The Kier molecular flexibility index (Phi) is 1.85. The van der Waals surface area contributed by atoms with Crippen LogP contribution in [0.2, 0.25) is 0 Å². The summed E-state index contributed by atoms with van der Waals surface area (Å²) in [4.78, 5) is 0. The van der Waals surface area contributed by atoms with Crippen molar-refractivity contribution >= 4 is 11.8 Å². The van der Waals surface area contributed by atoms with Crippen molar-refractivity contribution in [3.63, 3.8) is 0 Å². The number of nitrogen functional groups attached to an aromatic ring is 1. The highest BCUT2D eigenvalue weighted by Crippen LogP contribution is 2.36. The molecular formula is C11H13NO. The van der Waals surface area contributed by atoms with E-state index >= 15 is 0 Å². The molecule has 0 bridgehead atoms. The third-order valence-corrected chi connectivity index (χ3v) is 2.60. The number of aliphatic hydroxyl groups is 1. The SMILES string of the molecule is CC1=Cc2ccc(N)cc2C1CO. The van der Waals surface area contributed by atoms with E-state index in [1.165, 1.54) is 11.1 Å². The molecule has 0 saturated heterocycles. The van der Waals surface area contributed by atoms with Crippen LogP contribution in [0, 0.1) is 0 Å². The molecule has 1 atom stereocenters. The second-order valence-electron chi connectivity index (χ2n) is 3.51. The van der Waals surface area contributed by atoms with Gasteiger partial charge in [-0.3, -0.25) is 0 Å². The second-order valence-corrected chi connectivity index (χ2v) is 3.51. The largest absolute Gasteiger partial charge is 0.399 e. The molecule has 3 N–H and O–H groups in total. The minimum Gasteiger partial charge on any atom is -0.399 e. The highest BCUT2D eigenvalue weighted by Gasteiger charge is 2.21. The van der Waals surface area contributed by atoms with Crippen molar-refractivity contribution in [1.82, 2.24) is 0 Å². The van der Waals surface area contributed by atoms with Gasteiger partial charge in [-0.15, -0.1) is 0 Å². The number of benzene rings is 1. The van der Waals surface area contributed by atoms with Crippen LogP contribution >= 0.6 is 0 Å². The van der Waals surface area contributed by atoms with Gasteiger partial charge in [-0.25, -0.2) is 0 Å². The van der Waals surface area contributed by atoms with Crippen LogP contribution in [0.4, 0.5) is 5.69 Å². The van der Waals surface area contributed by atoms with Gasteiger partial charge in [-0.1, -0.05) is 17.7 Å². The zero-order valence-electron chi connectivity index (χ0n) is 7.62. The second kappa shape index (κ2) is 2.89. The lowest BCUT2D eigenvalue weighted by Gasteiger charge is -2.10. The van der Waals surface area contributed by atoms with Gasteiger partial charge in [0.05, 0.1) is 6.61 Å². The molecule has 0 aromatic heterocycles. The molecule has 1 aromatic rings. The average Bonchev–Trinajstić information content (AvgIpc) is 2.40. The van der Waals surface area contributed by atoms with Gasteiger partial charge in [-0.05, 0) is 30.2 Å². The molecule has 13 heavy (non-hydrogen) atoms.